The number of nitrogens with zero attached hydrogens (tertiary/aromatic N) is 6. The molecule has 4 fully saturated rings. The number of nitrogens with one attached hydrogen (secondary N) is 2. The van der Waals surface area contributed by atoms with Gasteiger partial charge in [-0.05, 0) is 99.2 Å². The third kappa shape index (κ3) is 8.61. The first-order valence-electron chi connectivity index (χ1n) is 18.6. The van der Waals surface area contributed by atoms with Crippen LogP contribution in [0.25, 0.3) is 0 Å². The minimum atomic E-state index is -0.661. The normalized spacial score (nSPS) is 22.2. The van der Waals surface area contributed by atoms with Gasteiger partial charge in [0, 0.05) is 57.9 Å². The molecule has 1 unspecified atom stereocenters. The third-order valence-corrected chi connectivity index (χ3v) is 11.0. The van der Waals surface area contributed by atoms with E-state index >= 15 is 0 Å². The van der Waals surface area contributed by atoms with Crippen LogP contribution in [0.4, 0.5) is 23.1 Å². The van der Waals surface area contributed by atoms with Crippen LogP contribution in [-0.2, 0) is 9.59 Å². The average Bonchev–Trinajstić information content (AvgIpc) is 3.17. The summed E-state index contributed by atoms with van der Waals surface area (Å²) in [7, 11) is 0. The number of ether oxygens (including phenoxy) is 1. The molecule has 4 aliphatic heterocycles. The van der Waals surface area contributed by atoms with Gasteiger partial charge in [-0.25, -0.2) is 15.0 Å². The van der Waals surface area contributed by atoms with Crippen molar-refractivity contribution < 1.29 is 24.2 Å². The molecule has 3 aromatic rings. The van der Waals surface area contributed by atoms with Crippen molar-refractivity contribution >= 4 is 40.9 Å². The molecule has 0 aliphatic carbocycles. The molecule has 7 rings (SSSR count). The lowest BCUT2D eigenvalue weighted by Crippen LogP contribution is -2.46. The largest absolute Gasteiger partial charge is 0.479 e. The molecule has 0 bridgehead atoms. The molecule has 4 saturated heterocycles. The predicted octanol–water partition coefficient (Wildman–Crippen LogP) is 3.20. The van der Waals surface area contributed by atoms with Crippen LogP contribution in [0.3, 0.4) is 0 Å². The first-order chi connectivity index (χ1) is 25.3. The number of imide groups is 1. The van der Waals surface area contributed by atoms with Gasteiger partial charge in [0.2, 0.25) is 5.91 Å². The van der Waals surface area contributed by atoms with Crippen molar-refractivity contribution in [2.75, 3.05) is 67.5 Å². The number of primary amides is 1. The van der Waals surface area contributed by atoms with Crippen molar-refractivity contribution in [1.82, 2.24) is 25.2 Å². The number of carbonyl (C=O) groups excluding carboxylic acids is 3. The van der Waals surface area contributed by atoms with Crippen LogP contribution in [0.2, 0.25) is 0 Å². The zero-order valence-electron chi connectivity index (χ0n) is 29.6. The molecule has 2 atom stereocenters. The van der Waals surface area contributed by atoms with Crippen molar-refractivity contribution in [1.29, 1.82) is 0 Å². The van der Waals surface area contributed by atoms with E-state index in [0.29, 0.717) is 42.2 Å². The number of piperidine rings is 4. The van der Waals surface area contributed by atoms with E-state index in [1.807, 2.05) is 24.3 Å². The van der Waals surface area contributed by atoms with E-state index in [9.17, 15) is 19.5 Å². The SMILES string of the molecule is NC(=O)c1ncc(N2CCC[C@@H](CO)C2)nc1Nc1ccc(C2CCN(CC3CCN(c4ccc(OC5CCC(=O)NC5=O)cn4)CC3)CC2)cc1. The molecular weight excluding hydrogens is 662 g/mol. The summed E-state index contributed by atoms with van der Waals surface area (Å²) in [6.07, 6.45) is 9.69. The number of anilines is 4. The Kier molecular flexibility index (Phi) is 11.1. The molecular formula is C38H49N9O5. The van der Waals surface area contributed by atoms with E-state index in [1.54, 1.807) is 12.4 Å². The quantitative estimate of drug-likeness (QED) is 0.214. The summed E-state index contributed by atoms with van der Waals surface area (Å²) in [5.74, 6) is 2.54. The van der Waals surface area contributed by atoms with Gasteiger partial charge in [-0.2, -0.15) is 0 Å². The summed E-state index contributed by atoms with van der Waals surface area (Å²) in [6.45, 7) is 6.88. The number of pyridine rings is 1. The number of nitrogens with two attached hydrogens (primary N) is 1. The highest BCUT2D eigenvalue weighted by atomic mass is 16.5. The monoisotopic (exact) mass is 711 g/mol. The average molecular weight is 712 g/mol. The van der Waals surface area contributed by atoms with Crippen LogP contribution in [0.1, 0.15) is 73.3 Å². The third-order valence-electron chi connectivity index (χ3n) is 11.0. The molecule has 0 radical (unpaired) electrons. The van der Waals surface area contributed by atoms with Crippen LogP contribution < -0.4 is 30.9 Å². The minimum Gasteiger partial charge on any atom is -0.479 e. The van der Waals surface area contributed by atoms with Gasteiger partial charge in [0.25, 0.3) is 11.8 Å². The molecule has 14 nitrogen and oxygen atoms in total. The molecule has 52 heavy (non-hydrogen) atoms. The number of aromatic nitrogens is 3. The first kappa shape index (κ1) is 35.6. The Labute approximate surface area is 304 Å². The van der Waals surface area contributed by atoms with E-state index < -0.39 is 17.9 Å². The molecule has 0 spiro atoms. The molecule has 2 aromatic heterocycles. The van der Waals surface area contributed by atoms with Gasteiger partial charge < -0.3 is 35.6 Å². The predicted molar refractivity (Wildman–Crippen MR) is 197 cm³/mol. The highest BCUT2D eigenvalue weighted by molar-refractivity contribution is 6.00. The van der Waals surface area contributed by atoms with E-state index in [-0.39, 0.29) is 30.5 Å². The van der Waals surface area contributed by atoms with Crippen LogP contribution in [-0.4, -0.2) is 101 Å². The summed E-state index contributed by atoms with van der Waals surface area (Å²) < 4.78 is 5.78. The molecule has 5 N–H and O–H groups in total. The Balaban J connectivity index is 0.859. The van der Waals surface area contributed by atoms with Gasteiger partial charge >= 0.3 is 0 Å². The molecule has 276 valence electrons. The summed E-state index contributed by atoms with van der Waals surface area (Å²) in [6, 6.07) is 12.2. The van der Waals surface area contributed by atoms with Crippen LogP contribution in [0.15, 0.2) is 48.8 Å². The van der Waals surface area contributed by atoms with Crippen molar-refractivity contribution in [3.8, 4) is 5.75 Å². The fraction of sp³-hybridized carbons (Fsp3) is 0.526. The van der Waals surface area contributed by atoms with Crippen molar-refractivity contribution in [3.63, 3.8) is 0 Å². The first-order valence-corrected chi connectivity index (χ1v) is 18.6. The number of aliphatic hydroxyl groups is 1. The molecule has 4 aliphatic rings. The van der Waals surface area contributed by atoms with Crippen molar-refractivity contribution in [2.24, 2.45) is 17.6 Å². The van der Waals surface area contributed by atoms with Crippen LogP contribution in [0, 0.1) is 11.8 Å². The Morgan fingerprint density at radius 3 is 2.37 bits per heavy atom. The van der Waals surface area contributed by atoms with Gasteiger partial charge in [-0.15, -0.1) is 0 Å². The molecule has 1 aromatic carbocycles. The summed E-state index contributed by atoms with van der Waals surface area (Å²) in [5.41, 5.74) is 7.88. The number of hydrogen-bond donors (Lipinski definition) is 4. The van der Waals surface area contributed by atoms with Gasteiger partial charge in [0.15, 0.2) is 17.6 Å². The highest BCUT2D eigenvalue weighted by Gasteiger charge is 2.29. The summed E-state index contributed by atoms with van der Waals surface area (Å²) in [5, 5.41) is 15.3. The second-order valence-electron chi connectivity index (χ2n) is 14.6. The maximum Gasteiger partial charge on any atom is 0.271 e. The lowest BCUT2D eigenvalue weighted by atomic mass is 9.88. The fourth-order valence-electron chi connectivity index (χ4n) is 7.94. The highest BCUT2D eigenvalue weighted by Crippen LogP contribution is 2.32. The second-order valence-corrected chi connectivity index (χ2v) is 14.6. The number of likely N-dealkylation sites (tertiary alicyclic amines) is 1. The maximum atomic E-state index is 12.2. The Hall–Kier alpha value is -4.82. The summed E-state index contributed by atoms with van der Waals surface area (Å²) in [4.78, 5) is 56.3. The van der Waals surface area contributed by atoms with Gasteiger partial charge in [-0.1, -0.05) is 12.1 Å². The van der Waals surface area contributed by atoms with Gasteiger partial charge in [-0.3, -0.25) is 19.7 Å². The van der Waals surface area contributed by atoms with Gasteiger partial charge in [0.05, 0.1) is 12.4 Å². The molecule has 6 heterocycles. The van der Waals surface area contributed by atoms with Crippen molar-refractivity contribution in [3.05, 3.63) is 60.0 Å². The maximum absolute atomic E-state index is 12.2. The number of amides is 3. The standard InChI is InChI=1S/C38H49N9O5/c39-36(50)35-37(43-33(21-41-35)47-15-1-2-26(23-47)24-48)42-29-5-3-27(4-6-29)28-13-16-45(17-14-28)22-25-11-18-46(19-12-25)32-9-7-30(20-40-32)52-31-8-10-34(49)44-38(31)51/h3-7,9,20-21,25-26,28,31,48H,1-2,8,10-19,22-24H2,(H2,39,50)(H,42,43)(H,44,49,51)/t26-,31?/m1/s1. The summed E-state index contributed by atoms with van der Waals surface area (Å²) >= 11 is 0. The fourth-order valence-corrected chi connectivity index (χ4v) is 7.94. The molecule has 3 amide bonds. The van der Waals surface area contributed by atoms with Gasteiger partial charge in [0.1, 0.15) is 17.4 Å². The number of benzene rings is 1. The number of carbonyl (C=O) groups is 3. The molecule has 14 heteroatoms. The minimum absolute atomic E-state index is 0.103. The topological polar surface area (TPSA) is 179 Å². The number of rotatable bonds is 11. The van der Waals surface area contributed by atoms with Crippen molar-refractivity contribution in [2.45, 2.75) is 63.4 Å². The van der Waals surface area contributed by atoms with Crippen LogP contribution >= 0.6 is 0 Å². The van der Waals surface area contributed by atoms with Crippen LogP contribution in [0.5, 0.6) is 5.75 Å². The smallest absolute Gasteiger partial charge is 0.271 e. The second kappa shape index (κ2) is 16.2. The lowest BCUT2D eigenvalue weighted by Gasteiger charge is -2.38. The number of aliphatic hydroxyl groups excluding tert-OH is 1. The lowest BCUT2D eigenvalue weighted by molar-refractivity contribution is -0.138. The number of hydrogen-bond acceptors (Lipinski definition) is 12. The van der Waals surface area contributed by atoms with E-state index in [1.165, 1.54) is 5.56 Å². The zero-order valence-corrected chi connectivity index (χ0v) is 29.6. The molecule has 0 saturated carbocycles. The van der Waals surface area contributed by atoms with E-state index in [2.05, 4.69) is 47.4 Å². The van der Waals surface area contributed by atoms with E-state index in [0.717, 1.165) is 89.3 Å². The Bertz CT molecular complexity index is 1710. The Morgan fingerprint density at radius 2 is 1.67 bits per heavy atom. The Morgan fingerprint density at radius 1 is 0.885 bits per heavy atom. The zero-order chi connectivity index (χ0) is 36.0. The van der Waals surface area contributed by atoms with E-state index in [4.69, 9.17) is 15.5 Å².